The Morgan fingerprint density at radius 3 is 2.93 bits per heavy atom. The minimum atomic E-state index is -2.35. The maximum atomic E-state index is 11.7. The van der Waals surface area contributed by atoms with Crippen LogP contribution in [0.3, 0.4) is 0 Å². The normalized spacial score (nSPS) is 23.6. The molecular formula is C9H18F2N2O. The number of ether oxygens (including phenoxy) is 1. The zero-order valence-corrected chi connectivity index (χ0v) is 8.51. The van der Waals surface area contributed by atoms with Crippen molar-refractivity contribution in [3.8, 4) is 0 Å². The van der Waals surface area contributed by atoms with Gasteiger partial charge in [0.15, 0.2) is 0 Å². The van der Waals surface area contributed by atoms with Crippen LogP contribution in [0.2, 0.25) is 0 Å². The molecule has 1 unspecified atom stereocenters. The van der Waals surface area contributed by atoms with Crippen molar-refractivity contribution < 1.29 is 13.5 Å². The first-order chi connectivity index (χ1) is 6.72. The molecule has 1 rings (SSSR count). The van der Waals surface area contributed by atoms with Crippen LogP contribution in [0, 0.1) is 0 Å². The second-order valence-electron chi connectivity index (χ2n) is 3.54. The van der Waals surface area contributed by atoms with Crippen molar-refractivity contribution >= 4 is 0 Å². The highest BCUT2D eigenvalue weighted by Crippen LogP contribution is 2.07. The molecule has 3 nitrogen and oxygen atoms in total. The number of nitrogens with one attached hydrogen (secondary N) is 1. The smallest absolute Gasteiger partial charge is 0.261 e. The van der Waals surface area contributed by atoms with E-state index in [4.69, 9.17) is 4.74 Å². The average Bonchev–Trinajstić information content (AvgIpc) is 2.60. The van der Waals surface area contributed by atoms with E-state index < -0.39 is 13.0 Å². The Hall–Kier alpha value is -0.260. The number of rotatable bonds is 6. The first kappa shape index (κ1) is 11.8. The van der Waals surface area contributed by atoms with Crippen LogP contribution in [-0.4, -0.2) is 57.3 Å². The lowest BCUT2D eigenvalue weighted by atomic mass is 10.3. The second kappa shape index (κ2) is 6.27. The van der Waals surface area contributed by atoms with Gasteiger partial charge in [-0.25, -0.2) is 8.78 Å². The Kier molecular flexibility index (Phi) is 5.29. The van der Waals surface area contributed by atoms with Crippen LogP contribution in [0.4, 0.5) is 8.78 Å². The lowest BCUT2D eigenvalue weighted by Gasteiger charge is -2.15. The van der Waals surface area contributed by atoms with Gasteiger partial charge in [-0.3, -0.25) is 4.90 Å². The number of hydrogen-bond acceptors (Lipinski definition) is 3. The molecule has 1 heterocycles. The molecule has 0 spiro atoms. The number of likely N-dealkylation sites (N-methyl/N-ethyl adjacent to an activating group) is 1. The van der Waals surface area contributed by atoms with Gasteiger partial charge in [-0.05, 0) is 20.0 Å². The zero-order valence-electron chi connectivity index (χ0n) is 8.51. The molecule has 0 saturated carbocycles. The molecule has 0 bridgehead atoms. The van der Waals surface area contributed by atoms with Crippen LogP contribution >= 0.6 is 0 Å². The molecule has 0 radical (unpaired) electrons. The molecule has 0 aromatic carbocycles. The van der Waals surface area contributed by atoms with Crippen LogP contribution in [0.15, 0.2) is 0 Å². The fraction of sp³-hybridized carbons (Fsp3) is 1.00. The van der Waals surface area contributed by atoms with E-state index in [0.29, 0.717) is 12.6 Å². The Morgan fingerprint density at radius 2 is 2.36 bits per heavy atom. The minimum Gasteiger partial charge on any atom is -0.374 e. The summed E-state index contributed by atoms with van der Waals surface area (Å²) in [7, 11) is 1.95. The van der Waals surface area contributed by atoms with Gasteiger partial charge in [0, 0.05) is 19.1 Å². The summed E-state index contributed by atoms with van der Waals surface area (Å²) in [6.07, 6.45) is -1.22. The van der Waals surface area contributed by atoms with Crippen molar-refractivity contribution in [2.45, 2.75) is 18.9 Å². The highest BCUT2D eigenvalue weighted by molar-refractivity contribution is 4.79. The Morgan fingerprint density at radius 1 is 1.57 bits per heavy atom. The summed E-state index contributed by atoms with van der Waals surface area (Å²) < 4.78 is 28.2. The van der Waals surface area contributed by atoms with Crippen LogP contribution in [0.5, 0.6) is 0 Å². The molecule has 1 aliphatic rings. The quantitative estimate of drug-likeness (QED) is 0.646. The van der Waals surface area contributed by atoms with Crippen LogP contribution in [0.1, 0.15) is 6.42 Å². The molecule has 1 aliphatic heterocycles. The number of alkyl halides is 2. The van der Waals surface area contributed by atoms with Crippen molar-refractivity contribution in [1.29, 1.82) is 0 Å². The zero-order chi connectivity index (χ0) is 10.4. The minimum absolute atomic E-state index is 0.404. The predicted octanol–water partition coefficient (Wildman–Crippen LogP) is 0.562. The van der Waals surface area contributed by atoms with E-state index in [1.165, 1.54) is 0 Å². The first-order valence-corrected chi connectivity index (χ1v) is 4.98. The average molecular weight is 208 g/mol. The maximum absolute atomic E-state index is 11.7. The van der Waals surface area contributed by atoms with E-state index in [9.17, 15) is 8.78 Å². The van der Waals surface area contributed by atoms with E-state index in [-0.39, 0.29) is 0 Å². The second-order valence-corrected chi connectivity index (χ2v) is 3.54. The molecular weight excluding hydrogens is 190 g/mol. The summed E-state index contributed by atoms with van der Waals surface area (Å²) in [5.41, 5.74) is 0. The topological polar surface area (TPSA) is 24.5 Å². The summed E-state index contributed by atoms with van der Waals surface area (Å²) in [6, 6.07) is 0.546. The number of likely N-dealkylation sites (tertiary alicyclic amines) is 1. The monoisotopic (exact) mass is 208 g/mol. The van der Waals surface area contributed by atoms with E-state index in [0.717, 1.165) is 26.1 Å². The molecule has 0 aliphatic carbocycles. The van der Waals surface area contributed by atoms with Crippen molar-refractivity contribution in [1.82, 2.24) is 10.2 Å². The van der Waals surface area contributed by atoms with E-state index >= 15 is 0 Å². The molecule has 14 heavy (non-hydrogen) atoms. The summed E-state index contributed by atoms with van der Waals surface area (Å²) >= 11 is 0. The SMILES string of the molecule is CNC1CCN(CCOCC(F)F)C1. The number of nitrogens with zero attached hydrogens (tertiary/aromatic N) is 1. The van der Waals surface area contributed by atoms with Gasteiger partial charge >= 0.3 is 0 Å². The molecule has 0 amide bonds. The first-order valence-electron chi connectivity index (χ1n) is 4.98. The van der Waals surface area contributed by atoms with Gasteiger partial charge in [-0.1, -0.05) is 0 Å². The number of halogens is 2. The van der Waals surface area contributed by atoms with E-state index in [2.05, 4.69) is 10.2 Å². The molecule has 0 aromatic heterocycles. The van der Waals surface area contributed by atoms with Crippen molar-refractivity contribution in [3.05, 3.63) is 0 Å². The predicted molar refractivity (Wildman–Crippen MR) is 50.7 cm³/mol. The molecule has 0 aromatic rings. The molecule has 1 atom stereocenters. The van der Waals surface area contributed by atoms with Crippen molar-refractivity contribution in [2.24, 2.45) is 0 Å². The lowest BCUT2D eigenvalue weighted by Crippen LogP contribution is -2.31. The molecule has 5 heteroatoms. The molecule has 1 fully saturated rings. The third-order valence-electron chi connectivity index (χ3n) is 2.48. The van der Waals surface area contributed by atoms with Crippen LogP contribution < -0.4 is 5.32 Å². The summed E-state index contributed by atoms with van der Waals surface area (Å²) in [5.74, 6) is 0. The van der Waals surface area contributed by atoms with E-state index in [1.54, 1.807) is 0 Å². The Labute approximate surface area is 83.4 Å². The van der Waals surface area contributed by atoms with Crippen molar-refractivity contribution in [2.75, 3.05) is 39.9 Å². The summed E-state index contributed by atoms with van der Waals surface area (Å²) in [6.45, 7) is 2.74. The maximum Gasteiger partial charge on any atom is 0.261 e. The molecule has 1 N–H and O–H groups in total. The fourth-order valence-corrected chi connectivity index (χ4v) is 1.64. The fourth-order valence-electron chi connectivity index (χ4n) is 1.64. The summed E-state index contributed by atoms with van der Waals surface area (Å²) in [4.78, 5) is 2.23. The third kappa shape index (κ3) is 4.30. The Balaban J connectivity index is 1.97. The van der Waals surface area contributed by atoms with Crippen molar-refractivity contribution in [3.63, 3.8) is 0 Å². The van der Waals surface area contributed by atoms with Gasteiger partial charge in [0.25, 0.3) is 6.43 Å². The molecule has 84 valence electrons. The standard InChI is InChI=1S/C9H18F2N2O/c1-12-8-2-3-13(6-8)4-5-14-7-9(10)11/h8-9,12H,2-7H2,1H3. The lowest BCUT2D eigenvalue weighted by molar-refractivity contribution is 0.0114. The highest BCUT2D eigenvalue weighted by atomic mass is 19.3. The van der Waals surface area contributed by atoms with Crippen LogP contribution in [-0.2, 0) is 4.74 Å². The largest absolute Gasteiger partial charge is 0.374 e. The van der Waals surface area contributed by atoms with Gasteiger partial charge in [0.05, 0.1) is 6.61 Å². The van der Waals surface area contributed by atoms with Crippen LogP contribution in [0.25, 0.3) is 0 Å². The van der Waals surface area contributed by atoms with E-state index in [1.807, 2.05) is 7.05 Å². The van der Waals surface area contributed by atoms with Gasteiger partial charge in [0.1, 0.15) is 6.61 Å². The molecule has 1 saturated heterocycles. The summed E-state index contributed by atoms with van der Waals surface area (Å²) in [5, 5.41) is 3.20. The Bertz CT molecular complexity index is 158. The van der Waals surface area contributed by atoms with Gasteiger partial charge in [-0.15, -0.1) is 0 Å². The van der Waals surface area contributed by atoms with Gasteiger partial charge < -0.3 is 10.1 Å². The van der Waals surface area contributed by atoms with Gasteiger partial charge in [-0.2, -0.15) is 0 Å². The van der Waals surface area contributed by atoms with Gasteiger partial charge in [0.2, 0.25) is 0 Å². The third-order valence-corrected chi connectivity index (χ3v) is 2.48. The number of hydrogen-bond donors (Lipinski definition) is 1. The highest BCUT2D eigenvalue weighted by Gasteiger charge is 2.20.